The van der Waals surface area contributed by atoms with Crippen LogP contribution < -0.4 is 5.09 Å². The van der Waals surface area contributed by atoms with Gasteiger partial charge in [0.2, 0.25) is 0 Å². The minimum atomic E-state index is -4.97. The molecule has 0 aromatic rings. The predicted octanol–water partition coefficient (Wildman–Crippen LogP) is 1.88. The van der Waals surface area contributed by atoms with Crippen LogP contribution in [0.25, 0.3) is 0 Å². The van der Waals surface area contributed by atoms with Crippen LogP contribution in [-0.2, 0) is 9.09 Å². The molecule has 0 spiro atoms. The first-order valence-corrected chi connectivity index (χ1v) is 5.95. The highest BCUT2D eigenvalue weighted by molar-refractivity contribution is 7.54. The summed E-state index contributed by atoms with van der Waals surface area (Å²) in [5.41, 5.74) is 0. The minimum Gasteiger partial charge on any atom is -0.306 e. The van der Waals surface area contributed by atoms with Crippen LogP contribution in [-0.4, -0.2) is 42.5 Å². The van der Waals surface area contributed by atoms with Crippen LogP contribution in [0.5, 0.6) is 0 Å². The summed E-state index contributed by atoms with van der Waals surface area (Å²) in [6.45, 7) is -10.5. The quantitative estimate of drug-likeness (QED) is 0.612. The van der Waals surface area contributed by atoms with Gasteiger partial charge in [-0.3, -0.25) is 4.57 Å². The van der Waals surface area contributed by atoms with Gasteiger partial charge in [-0.15, -0.1) is 23.2 Å². The van der Waals surface area contributed by atoms with Gasteiger partial charge in [-0.2, -0.15) is 0 Å². The Morgan fingerprint density at radius 1 is 1.64 bits per heavy atom. The van der Waals surface area contributed by atoms with E-state index in [0.717, 1.165) is 0 Å². The molecule has 1 unspecified atom stereocenters. The third-order valence-corrected chi connectivity index (χ3v) is 3.10. The Balaban J connectivity index is 3.50. The third-order valence-electron chi connectivity index (χ3n) is 1.23. The van der Waals surface area contributed by atoms with Crippen molar-refractivity contribution in [3.8, 4) is 0 Å². The minimum absolute atomic E-state index is 0.236. The van der Waals surface area contributed by atoms with E-state index in [2.05, 4.69) is 4.52 Å². The molecule has 7 heteroatoms. The second-order valence-electron chi connectivity index (χ2n) is 2.04. The van der Waals surface area contributed by atoms with Gasteiger partial charge in [0.1, 0.15) is 0 Å². The molecule has 1 aliphatic rings. The molecule has 0 amide bonds. The molecule has 1 saturated heterocycles. The fourth-order valence-corrected chi connectivity index (χ4v) is 2.25. The Bertz CT molecular complexity index is 542. The van der Waals surface area contributed by atoms with E-state index in [1.165, 1.54) is 0 Å². The molecule has 0 aromatic heterocycles. The van der Waals surface area contributed by atoms with Crippen molar-refractivity contribution in [1.29, 1.82) is 0 Å². The van der Waals surface area contributed by atoms with E-state index in [1.807, 2.05) is 5.09 Å². The summed E-state index contributed by atoms with van der Waals surface area (Å²) in [5.74, 6) is -4.25. The number of alkyl halides is 2. The molecule has 1 fully saturated rings. The summed E-state index contributed by atoms with van der Waals surface area (Å²) < 4.78 is 93.0. The van der Waals surface area contributed by atoms with Crippen molar-refractivity contribution in [1.82, 2.24) is 9.76 Å². The molecule has 1 N–H and O–H groups in total. The molecule has 1 atom stereocenters. The number of halogens is 2. The zero-order chi connectivity index (χ0) is 19.4. The van der Waals surface area contributed by atoms with Crippen molar-refractivity contribution < 1.29 is 22.8 Å². The summed E-state index contributed by atoms with van der Waals surface area (Å²) in [6.07, 6.45) is -2.66. The fourth-order valence-electron chi connectivity index (χ4n) is 0.709. The van der Waals surface area contributed by atoms with Crippen LogP contribution in [0.1, 0.15) is 20.1 Å². The second kappa shape index (κ2) is 6.31. The van der Waals surface area contributed by atoms with E-state index >= 15 is 0 Å². The molecule has 14 heavy (non-hydrogen) atoms. The van der Waals surface area contributed by atoms with Gasteiger partial charge >= 0.3 is 7.67 Å². The summed E-state index contributed by atoms with van der Waals surface area (Å²) in [6, 6.07) is 0. The average molecular weight is 271 g/mol. The van der Waals surface area contributed by atoms with Gasteiger partial charge in [-0.05, 0) is 6.37 Å². The molecule has 1 aliphatic heterocycles. The van der Waals surface area contributed by atoms with E-state index < -0.39 is 51.9 Å². The summed E-state index contributed by atoms with van der Waals surface area (Å²) in [4.78, 5) is 0. The standard InChI is InChI=1S/C7H15Cl2N2O2P/c8-2-5-11(6-3-9)14(12)10-4-1-7-13-14/h1-7H2,(H,10,12)/i1D2,2D2,5D2,6D2,7D2. The Kier molecular flexibility index (Phi) is 2.04. The lowest BCUT2D eigenvalue weighted by Crippen LogP contribution is -2.35. The van der Waals surface area contributed by atoms with Gasteiger partial charge in [-0.1, -0.05) is 0 Å². The Morgan fingerprint density at radius 2 is 2.43 bits per heavy atom. The van der Waals surface area contributed by atoms with E-state index in [-0.39, 0.29) is 4.67 Å². The van der Waals surface area contributed by atoms with Gasteiger partial charge in [-0.25, -0.2) is 9.76 Å². The zero-order valence-corrected chi connectivity index (χ0v) is 9.29. The maximum atomic E-state index is 13.0. The molecular weight excluding hydrogens is 246 g/mol. The smallest absolute Gasteiger partial charge is 0.306 e. The largest absolute Gasteiger partial charge is 0.343 e. The van der Waals surface area contributed by atoms with Crippen LogP contribution in [0.3, 0.4) is 0 Å². The molecule has 0 bridgehead atoms. The SMILES string of the molecule is [2H]C([2H])(CCl)N(C([2H])([2H])C([2H])([2H])Cl)P1(=O)NCC([2H])([2H])C([2H])([2H])O1. The van der Waals surface area contributed by atoms with Crippen LogP contribution in [0.2, 0.25) is 0 Å². The zero-order valence-electron chi connectivity index (χ0n) is 16.9. The highest BCUT2D eigenvalue weighted by Crippen LogP contribution is 2.47. The fraction of sp³-hybridized carbons (Fsp3) is 1.00. The van der Waals surface area contributed by atoms with Gasteiger partial charge in [0, 0.05) is 42.2 Å². The molecule has 1 rings (SSSR count). The number of rotatable bonds is 5. The van der Waals surface area contributed by atoms with Gasteiger partial charge in [0.15, 0.2) is 0 Å². The van der Waals surface area contributed by atoms with Gasteiger partial charge in [0.05, 0.1) is 9.30 Å². The lowest BCUT2D eigenvalue weighted by atomic mass is 10.5. The Morgan fingerprint density at radius 3 is 3.00 bits per heavy atom. The van der Waals surface area contributed by atoms with E-state index in [0.29, 0.717) is 0 Å². The predicted molar refractivity (Wildman–Crippen MR) is 59.2 cm³/mol. The molecular formula is C7H15Cl2N2O2P. The van der Waals surface area contributed by atoms with Crippen molar-refractivity contribution in [2.45, 2.75) is 6.37 Å². The van der Waals surface area contributed by atoms with Crippen LogP contribution in [0.15, 0.2) is 0 Å². The molecule has 0 saturated carbocycles. The lowest BCUT2D eigenvalue weighted by Gasteiger charge is -2.33. The molecule has 0 radical (unpaired) electrons. The third kappa shape index (κ3) is 3.37. The van der Waals surface area contributed by atoms with Crippen molar-refractivity contribution in [2.24, 2.45) is 0 Å². The molecule has 4 nitrogen and oxygen atoms in total. The summed E-state index contributed by atoms with van der Waals surface area (Å²) in [7, 11) is -4.97. The van der Waals surface area contributed by atoms with Gasteiger partial charge in [0.25, 0.3) is 0 Å². The molecule has 1 heterocycles. The Hall–Kier alpha value is 0.690. The van der Waals surface area contributed by atoms with Crippen molar-refractivity contribution in [3.63, 3.8) is 0 Å². The van der Waals surface area contributed by atoms with Crippen LogP contribution in [0, 0.1) is 0 Å². The first kappa shape index (κ1) is 4.52. The highest BCUT2D eigenvalue weighted by atomic mass is 35.5. The van der Waals surface area contributed by atoms with E-state index in [1.54, 1.807) is 0 Å². The number of hydrogen-bond donors (Lipinski definition) is 1. The Labute approximate surface area is 108 Å². The normalized spacial score (nSPS) is 49.1. The average Bonchev–Trinajstić information content (AvgIpc) is 2.32. The van der Waals surface area contributed by atoms with Gasteiger partial charge < -0.3 is 4.52 Å². The monoisotopic (exact) mass is 270 g/mol. The maximum absolute atomic E-state index is 13.0. The first-order valence-electron chi connectivity index (χ1n) is 8.46. The highest BCUT2D eigenvalue weighted by Gasteiger charge is 2.32. The maximum Gasteiger partial charge on any atom is 0.343 e. The van der Waals surface area contributed by atoms with Crippen LogP contribution in [0.4, 0.5) is 0 Å². The molecule has 0 aliphatic carbocycles. The second-order valence-corrected chi connectivity index (χ2v) is 4.43. The van der Waals surface area contributed by atoms with Crippen molar-refractivity contribution in [3.05, 3.63) is 0 Å². The number of nitrogens with zero attached hydrogens (tertiary/aromatic N) is 1. The molecule has 84 valence electrons. The number of nitrogens with one attached hydrogen (secondary N) is 1. The topological polar surface area (TPSA) is 41.6 Å². The van der Waals surface area contributed by atoms with Crippen molar-refractivity contribution in [2.75, 3.05) is 37.8 Å². The number of hydrogen-bond acceptors (Lipinski definition) is 2. The lowest BCUT2D eigenvalue weighted by molar-refractivity contribution is 0.233. The van der Waals surface area contributed by atoms with E-state index in [4.69, 9.17) is 36.9 Å². The van der Waals surface area contributed by atoms with Crippen LogP contribution >= 0.6 is 30.9 Å². The summed E-state index contributed by atoms with van der Waals surface area (Å²) in [5, 5.41) is 1.94. The first-order chi connectivity index (χ1) is 10.3. The van der Waals surface area contributed by atoms with E-state index in [9.17, 15) is 4.57 Å². The molecule has 0 aromatic carbocycles. The summed E-state index contributed by atoms with van der Waals surface area (Å²) >= 11 is 10.8. The van der Waals surface area contributed by atoms with Crippen molar-refractivity contribution >= 4 is 30.9 Å².